The van der Waals surface area contributed by atoms with Gasteiger partial charge in [-0.3, -0.25) is 0 Å². The van der Waals surface area contributed by atoms with Crippen molar-refractivity contribution in [3.63, 3.8) is 0 Å². The monoisotopic (exact) mass is 971 g/mol. The Hall–Kier alpha value is -0.0462. The molecule has 14 heteroatoms. The molecule has 12 nitrogen and oxygen atoms in total. The van der Waals surface area contributed by atoms with Crippen LogP contribution in [0.5, 0.6) is 0 Å². The number of aliphatic hydroxyl groups is 1. The minimum Gasteiger partial charge on any atom is -0.396 e. The molecule has 386 valence electrons. The molecule has 6 aliphatic heterocycles. The summed E-state index contributed by atoms with van der Waals surface area (Å²) in [6.45, 7) is 36.5. The quantitative estimate of drug-likeness (QED) is 0.0670. The first kappa shape index (κ1) is 55.3. The first-order chi connectivity index (χ1) is 30.9. The summed E-state index contributed by atoms with van der Waals surface area (Å²) in [5.41, 5.74) is -1.03. The lowest BCUT2D eigenvalue weighted by atomic mass is 9.78. The normalized spacial score (nSPS) is 45.2. The molecule has 6 aliphatic rings. The highest BCUT2D eigenvalue weighted by Gasteiger charge is 2.65. The first-order valence-electron chi connectivity index (χ1n) is 26.4. The lowest BCUT2D eigenvalue weighted by molar-refractivity contribution is -0.364. The van der Waals surface area contributed by atoms with Gasteiger partial charge in [0.1, 0.15) is 20.2 Å². The van der Waals surface area contributed by atoms with Crippen LogP contribution in [-0.2, 0) is 52.1 Å². The summed E-state index contributed by atoms with van der Waals surface area (Å²) in [6.07, 6.45) is 7.66. The SMILES string of the molecule is CO[C@@H]1C[C@@H](C[C@H]2CC[C@H](C)[C@H]([C@@H](C)CO)O2)OC2(O[C@](C)([C@H]3CC[C@@](C)([C@@H]4O[C@@H]([C@H]5O[C@](COCOCC[Si](C)(C)C)(OCOCC[Si](C)(C)C)C(C)CC5C)C[C@@H]4C)O3)C[C@H]2C)[C@@H]1C. The molecule has 19 atom stereocenters. The number of hydrogen-bond acceptors (Lipinski definition) is 12. The first-order valence-corrected chi connectivity index (χ1v) is 33.8. The van der Waals surface area contributed by atoms with E-state index in [2.05, 4.69) is 102 Å². The molecule has 66 heavy (non-hydrogen) atoms. The maximum atomic E-state index is 9.96. The Bertz CT molecular complexity index is 1510. The molecule has 1 N–H and O–H groups in total. The number of hydrogen-bond donors (Lipinski definition) is 1. The lowest BCUT2D eigenvalue weighted by Gasteiger charge is -2.50. The van der Waals surface area contributed by atoms with E-state index < -0.39 is 38.9 Å². The van der Waals surface area contributed by atoms with Crippen molar-refractivity contribution in [2.45, 2.75) is 243 Å². The van der Waals surface area contributed by atoms with E-state index in [0.29, 0.717) is 19.1 Å². The highest BCUT2D eigenvalue weighted by atomic mass is 28.3. The van der Waals surface area contributed by atoms with Crippen LogP contribution in [0.4, 0.5) is 0 Å². The highest BCUT2D eigenvalue weighted by Crippen LogP contribution is 2.57. The minimum atomic E-state index is -1.25. The zero-order valence-corrected chi connectivity index (χ0v) is 46.6. The molecule has 3 unspecified atom stereocenters. The summed E-state index contributed by atoms with van der Waals surface area (Å²) in [6, 6.07) is 2.17. The molecule has 0 aromatic rings. The van der Waals surface area contributed by atoms with Gasteiger partial charge in [0.2, 0.25) is 0 Å². The van der Waals surface area contributed by atoms with E-state index in [4.69, 9.17) is 52.1 Å². The van der Waals surface area contributed by atoms with Crippen LogP contribution in [0.2, 0.25) is 51.4 Å². The van der Waals surface area contributed by atoms with Gasteiger partial charge >= 0.3 is 0 Å². The van der Waals surface area contributed by atoms with Crippen molar-refractivity contribution in [1.82, 2.24) is 0 Å². The Morgan fingerprint density at radius 3 is 2.05 bits per heavy atom. The summed E-state index contributed by atoms with van der Waals surface area (Å²) < 4.78 is 74.2. The van der Waals surface area contributed by atoms with E-state index >= 15 is 0 Å². The summed E-state index contributed by atoms with van der Waals surface area (Å²) in [7, 11) is -0.637. The molecular formula is C52H98O12Si2. The van der Waals surface area contributed by atoms with Gasteiger partial charge in [0.15, 0.2) is 11.6 Å². The Kier molecular flexibility index (Phi) is 18.7. The van der Waals surface area contributed by atoms with Gasteiger partial charge in [-0.15, -0.1) is 0 Å². The fourth-order valence-electron chi connectivity index (χ4n) is 12.8. The predicted octanol–water partition coefficient (Wildman–Crippen LogP) is 10.3. The molecule has 0 aromatic heterocycles. The van der Waals surface area contributed by atoms with Gasteiger partial charge in [-0.05, 0) is 88.6 Å². The summed E-state index contributed by atoms with van der Waals surface area (Å²) in [4.78, 5) is 0. The van der Waals surface area contributed by atoms with Crippen molar-refractivity contribution >= 4 is 16.1 Å². The minimum absolute atomic E-state index is 0.00126. The molecule has 0 aromatic carbocycles. The Labute approximate surface area is 403 Å². The van der Waals surface area contributed by atoms with Crippen molar-refractivity contribution in [1.29, 1.82) is 0 Å². The van der Waals surface area contributed by atoms with Crippen molar-refractivity contribution in [2.24, 2.45) is 41.4 Å². The molecular weight excluding hydrogens is 873 g/mol. The molecule has 0 radical (unpaired) electrons. The fourth-order valence-corrected chi connectivity index (χ4v) is 14.3. The van der Waals surface area contributed by atoms with Crippen LogP contribution in [-0.4, -0.2) is 140 Å². The van der Waals surface area contributed by atoms with Gasteiger partial charge < -0.3 is 57.2 Å². The van der Waals surface area contributed by atoms with Gasteiger partial charge in [0, 0.05) is 79.6 Å². The molecule has 6 fully saturated rings. The highest BCUT2D eigenvalue weighted by molar-refractivity contribution is 6.76. The van der Waals surface area contributed by atoms with Crippen LogP contribution in [0.25, 0.3) is 0 Å². The zero-order valence-electron chi connectivity index (χ0n) is 44.6. The third-order valence-electron chi connectivity index (χ3n) is 17.0. The Balaban J connectivity index is 1.11. The van der Waals surface area contributed by atoms with Crippen LogP contribution in [0.3, 0.4) is 0 Å². The topological polar surface area (TPSA) is 122 Å². The molecule has 6 rings (SSSR count). The Morgan fingerprint density at radius 1 is 0.712 bits per heavy atom. The van der Waals surface area contributed by atoms with Gasteiger partial charge in [-0.1, -0.05) is 87.7 Å². The molecule has 0 bridgehead atoms. The smallest absolute Gasteiger partial charge is 0.197 e. The van der Waals surface area contributed by atoms with Crippen molar-refractivity contribution < 1.29 is 57.2 Å². The van der Waals surface area contributed by atoms with Crippen LogP contribution in [0.15, 0.2) is 0 Å². The van der Waals surface area contributed by atoms with Gasteiger partial charge in [-0.2, -0.15) is 0 Å². The average Bonchev–Trinajstić information content (AvgIpc) is 3.91. The van der Waals surface area contributed by atoms with E-state index in [1.807, 2.05) is 7.11 Å². The maximum Gasteiger partial charge on any atom is 0.197 e. The van der Waals surface area contributed by atoms with Crippen LogP contribution < -0.4 is 0 Å². The van der Waals surface area contributed by atoms with E-state index in [-0.39, 0.29) is 111 Å². The van der Waals surface area contributed by atoms with Gasteiger partial charge in [0.05, 0.1) is 60.0 Å². The molecule has 0 aliphatic carbocycles. The molecule has 6 saturated heterocycles. The fraction of sp³-hybridized carbons (Fsp3) is 1.00. The van der Waals surface area contributed by atoms with E-state index in [1.165, 1.54) is 0 Å². The second kappa shape index (κ2) is 22.4. The van der Waals surface area contributed by atoms with Crippen molar-refractivity contribution in [3.8, 4) is 0 Å². The second-order valence-electron chi connectivity index (χ2n) is 25.4. The number of rotatable bonds is 21. The van der Waals surface area contributed by atoms with E-state index in [0.717, 1.165) is 69.9 Å². The third kappa shape index (κ3) is 12.9. The van der Waals surface area contributed by atoms with Crippen LogP contribution in [0, 0.1) is 41.4 Å². The van der Waals surface area contributed by atoms with E-state index in [9.17, 15) is 5.11 Å². The van der Waals surface area contributed by atoms with Crippen LogP contribution in [0.1, 0.15) is 120 Å². The molecule has 0 amide bonds. The largest absolute Gasteiger partial charge is 0.396 e. The number of ether oxygens (including phenoxy) is 11. The second-order valence-corrected chi connectivity index (χ2v) is 36.6. The Morgan fingerprint density at radius 2 is 1.39 bits per heavy atom. The number of aliphatic hydroxyl groups excluding tert-OH is 1. The molecule has 1 spiro atoms. The predicted molar refractivity (Wildman–Crippen MR) is 264 cm³/mol. The summed E-state index contributed by atoms with van der Waals surface area (Å²) >= 11 is 0. The lowest BCUT2D eigenvalue weighted by Crippen LogP contribution is -2.58. The van der Waals surface area contributed by atoms with Gasteiger partial charge in [0.25, 0.3) is 0 Å². The van der Waals surface area contributed by atoms with E-state index in [1.54, 1.807) is 0 Å². The van der Waals surface area contributed by atoms with Crippen LogP contribution >= 0.6 is 0 Å². The number of methoxy groups -OCH3 is 1. The maximum absolute atomic E-state index is 9.96. The molecule has 0 saturated carbocycles. The molecule has 6 heterocycles. The average molecular weight is 972 g/mol. The third-order valence-corrected chi connectivity index (χ3v) is 20.4. The van der Waals surface area contributed by atoms with Crippen molar-refractivity contribution in [3.05, 3.63) is 0 Å². The standard InChI is InChI=1S/C52H98O12Si2/c1-34-17-18-41(59-46(34)37(4)30-53)27-42-28-43(54-10)40(7)52(61-42)39(6)29-50(9,64-52)45-19-20-49(8,62-45)48-36(3)26-44(60-48)47-35(2)25-38(5)51(63-47,58-33-56-22-24-66(14,15)16)31-57-32-55-21-23-65(11,12)13/h34-48,53H,17-33H2,1-16H3/t34-,35?,36-,37-,38?,39+,40+,41+,42+,43+,44+,45+,46+,47-,48+,49-,50-,51-,52?/m0/s1. The van der Waals surface area contributed by atoms with Gasteiger partial charge in [-0.25, -0.2) is 0 Å². The summed E-state index contributed by atoms with van der Waals surface area (Å²) in [5, 5.41) is 9.96. The van der Waals surface area contributed by atoms with Crippen molar-refractivity contribution in [2.75, 3.05) is 47.1 Å². The summed E-state index contributed by atoms with van der Waals surface area (Å²) in [5.74, 6) is -0.465. The zero-order chi connectivity index (χ0) is 48.5.